The maximum absolute atomic E-state index is 12.1. The Bertz CT molecular complexity index is 695. The van der Waals surface area contributed by atoms with Crippen molar-refractivity contribution in [2.45, 2.75) is 20.0 Å². The number of benzene rings is 2. The van der Waals surface area contributed by atoms with Crippen LogP contribution in [-0.2, 0) is 4.74 Å². The van der Waals surface area contributed by atoms with Gasteiger partial charge in [-0.05, 0) is 44.2 Å². The topological polar surface area (TPSA) is 52.6 Å². The van der Waals surface area contributed by atoms with Crippen LogP contribution in [0.25, 0.3) is 0 Å². The van der Waals surface area contributed by atoms with Gasteiger partial charge in [0.15, 0.2) is 0 Å². The number of rotatable bonds is 4. The minimum Gasteiger partial charge on any atom is -0.459 e. The molecular weight excluding hydrogens is 304 g/mol. The van der Waals surface area contributed by atoms with E-state index in [0.717, 1.165) is 0 Å². The van der Waals surface area contributed by atoms with Gasteiger partial charge in [-0.3, -0.25) is 0 Å². The van der Waals surface area contributed by atoms with Crippen molar-refractivity contribution in [2.24, 2.45) is 0 Å². The third-order valence-corrected chi connectivity index (χ3v) is 3.05. The summed E-state index contributed by atoms with van der Waals surface area (Å²) in [5.74, 6) is -0.797. The maximum Gasteiger partial charge on any atom is 0.345 e. The van der Waals surface area contributed by atoms with Gasteiger partial charge in [-0.2, -0.15) is 0 Å². The predicted octanol–water partition coefficient (Wildman–Crippen LogP) is 4.12. The maximum atomic E-state index is 12.1. The average molecular weight is 319 g/mol. The van der Waals surface area contributed by atoms with E-state index in [9.17, 15) is 9.59 Å². The van der Waals surface area contributed by atoms with E-state index in [1.165, 1.54) is 6.07 Å². The van der Waals surface area contributed by atoms with Crippen molar-refractivity contribution in [3.8, 4) is 5.75 Å². The molecule has 0 aliphatic heterocycles. The molecule has 0 spiro atoms. The average Bonchev–Trinajstić information content (AvgIpc) is 2.47. The minimum atomic E-state index is -0.583. The highest BCUT2D eigenvalue weighted by molar-refractivity contribution is 6.33. The van der Waals surface area contributed by atoms with Gasteiger partial charge in [0.05, 0.1) is 22.3 Å². The summed E-state index contributed by atoms with van der Waals surface area (Å²) >= 11 is 5.95. The predicted molar refractivity (Wildman–Crippen MR) is 83.4 cm³/mol. The van der Waals surface area contributed by atoms with Gasteiger partial charge in [0.2, 0.25) is 0 Å². The Hall–Kier alpha value is -2.33. The van der Waals surface area contributed by atoms with Gasteiger partial charge in [0.25, 0.3) is 0 Å². The van der Waals surface area contributed by atoms with Crippen molar-refractivity contribution >= 4 is 23.5 Å². The molecule has 2 aromatic rings. The van der Waals surface area contributed by atoms with Crippen molar-refractivity contribution in [3.05, 3.63) is 64.7 Å². The Morgan fingerprint density at radius 2 is 1.73 bits per heavy atom. The number of esters is 2. The standard InChI is InChI=1S/C17H15ClO4/c1-11(2)21-16(19)12-6-5-7-13(10-12)22-17(20)14-8-3-4-9-15(14)18/h3-11H,1-2H3. The van der Waals surface area contributed by atoms with E-state index in [1.807, 2.05) is 0 Å². The Kier molecular flexibility index (Phi) is 5.17. The molecular formula is C17H15ClO4. The third-order valence-electron chi connectivity index (χ3n) is 2.72. The Morgan fingerprint density at radius 1 is 1.00 bits per heavy atom. The molecule has 0 aromatic heterocycles. The first kappa shape index (κ1) is 16.0. The lowest BCUT2D eigenvalue weighted by atomic mass is 10.2. The lowest BCUT2D eigenvalue weighted by Crippen LogP contribution is -2.12. The molecule has 0 fully saturated rings. The van der Waals surface area contributed by atoms with Crippen molar-refractivity contribution in [2.75, 3.05) is 0 Å². The Morgan fingerprint density at radius 3 is 2.41 bits per heavy atom. The van der Waals surface area contributed by atoms with E-state index >= 15 is 0 Å². The fourth-order valence-corrected chi connectivity index (χ4v) is 1.97. The van der Waals surface area contributed by atoms with Crippen LogP contribution in [0.1, 0.15) is 34.6 Å². The highest BCUT2D eigenvalue weighted by Gasteiger charge is 2.14. The molecule has 0 aliphatic carbocycles. The second kappa shape index (κ2) is 7.09. The summed E-state index contributed by atoms with van der Waals surface area (Å²) < 4.78 is 10.3. The zero-order valence-corrected chi connectivity index (χ0v) is 13.0. The molecule has 0 radical (unpaired) electrons. The Balaban J connectivity index is 2.15. The van der Waals surface area contributed by atoms with Crippen LogP contribution in [0.4, 0.5) is 0 Å². The molecule has 2 aromatic carbocycles. The SMILES string of the molecule is CC(C)OC(=O)c1cccc(OC(=O)c2ccccc2Cl)c1. The van der Waals surface area contributed by atoms with Crippen molar-refractivity contribution in [3.63, 3.8) is 0 Å². The van der Waals surface area contributed by atoms with Gasteiger partial charge < -0.3 is 9.47 Å². The van der Waals surface area contributed by atoms with Crippen LogP contribution in [0.2, 0.25) is 5.02 Å². The van der Waals surface area contributed by atoms with E-state index in [4.69, 9.17) is 21.1 Å². The second-order valence-electron chi connectivity index (χ2n) is 4.85. The van der Waals surface area contributed by atoms with Crippen LogP contribution >= 0.6 is 11.6 Å². The number of hydrogen-bond acceptors (Lipinski definition) is 4. The number of carbonyl (C=O) groups is 2. The first-order chi connectivity index (χ1) is 10.5. The highest BCUT2D eigenvalue weighted by Crippen LogP contribution is 2.20. The molecule has 22 heavy (non-hydrogen) atoms. The molecule has 0 saturated heterocycles. The zero-order chi connectivity index (χ0) is 16.1. The number of halogens is 1. The quantitative estimate of drug-likeness (QED) is 0.628. The number of carbonyl (C=O) groups excluding carboxylic acids is 2. The fraction of sp³-hybridized carbons (Fsp3) is 0.176. The van der Waals surface area contributed by atoms with Crippen LogP contribution in [0.5, 0.6) is 5.75 Å². The normalized spacial score (nSPS) is 10.4. The summed E-state index contributed by atoms with van der Waals surface area (Å²) in [6, 6.07) is 12.8. The van der Waals surface area contributed by atoms with Crippen LogP contribution < -0.4 is 4.74 Å². The molecule has 0 saturated carbocycles. The van der Waals surface area contributed by atoms with Gasteiger partial charge in [-0.25, -0.2) is 9.59 Å². The molecule has 0 aliphatic rings. The summed E-state index contributed by atoms with van der Waals surface area (Å²) in [6.07, 6.45) is -0.221. The van der Waals surface area contributed by atoms with Crippen LogP contribution in [0, 0.1) is 0 Å². The first-order valence-corrected chi connectivity index (χ1v) is 7.13. The third kappa shape index (κ3) is 4.09. The van der Waals surface area contributed by atoms with Gasteiger partial charge in [0, 0.05) is 0 Å². The second-order valence-corrected chi connectivity index (χ2v) is 5.26. The molecule has 114 valence electrons. The molecule has 0 unspecified atom stereocenters. The van der Waals surface area contributed by atoms with Gasteiger partial charge in [-0.1, -0.05) is 29.8 Å². The summed E-state index contributed by atoms with van der Waals surface area (Å²) in [4.78, 5) is 23.9. The van der Waals surface area contributed by atoms with Gasteiger partial charge in [-0.15, -0.1) is 0 Å². The molecule has 0 amide bonds. The first-order valence-electron chi connectivity index (χ1n) is 6.75. The number of ether oxygens (including phenoxy) is 2. The van der Waals surface area contributed by atoms with Crippen molar-refractivity contribution < 1.29 is 19.1 Å². The lowest BCUT2D eigenvalue weighted by Gasteiger charge is -2.09. The molecule has 5 heteroatoms. The van der Waals surface area contributed by atoms with Crippen LogP contribution in [-0.4, -0.2) is 18.0 Å². The molecule has 0 bridgehead atoms. The van der Waals surface area contributed by atoms with Crippen LogP contribution in [0.15, 0.2) is 48.5 Å². The zero-order valence-electron chi connectivity index (χ0n) is 12.2. The van der Waals surface area contributed by atoms with E-state index < -0.39 is 11.9 Å². The lowest BCUT2D eigenvalue weighted by molar-refractivity contribution is 0.0376. The monoisotopic (exact) mass is 318 g/mol. The van der Waals surface area contributed by atoms with Gasteiger partial charge >= 0.3 is 11.9 Å². The van der Waals surface area contributed by atoms with Crippen LogP contribution in [0.3, 0.4) is 0 Å². The van der Waals surface area contributed by atoms with E-state index in [1.54, 1.807) is 56.3 Å². The fourth-order valence-electron chi connectivity index (χ4n) is 1.76. The summed E-state index contributed by atoms with van der Waals surface area (Å²) in [6.45, 7) is 3.53. The molecule has 4 nitrogen and oxygen atoms in total. The molecule has 0 N–H and O–H groups in total. The highest BCUT2D eigenvalue weighted by atomic mass is 35.5. The van der Waals surface area contributed by atoms with E-state index in [2.05, 4.69) is 0 Å². The molecule has 0 atom stereocenters. The smallest absolute Gasteiger partial charge is 0.345 e. The minimum absolute atomic E-state index is 0.221. The summed E-state index contributed by atoms with van der Waals surface area (Å²) in [5, 5.41) is 0.308. The molecule has 0 heterocycles. The van der Waals surface area contributed by atoms with E-state index in [-0.39, 0.29) is 17.4 Å². The van der Waals surface area contributed by atoms with E-state index in [0.29, 0.717) is 10.6 Å². The van der Waals surface area contributed by atoms with Crippen molar-refractivity contribution in [1.29, 1.82) is 0 Å². The summed E-state index contributed by atoms with van der Waals surface area (Å²) in [5.41, 5.74) is 0.581. The van der Waals surface area contributed by atoms with Gasteiger partial charge in [0.1, 0.15) is 5.75 Å². The van der Waals surface area contributed by atoms with Crippen molar-refractivity contribution in [1.82, 2.24) is 0 Å². The number of hydrogen-bond donors (Lipinski definition) is 0. The molecule has 2 rings (SSSR count). The largest absolute Gasteiger partial charge is 0.459 e. The summed E-state index contributed by atoms with van der Waals surface area (Å²) in [7, 11) is 0. The Labute approximate surface area is 133 Å².